The Bertz CT molecular complexity index is 174. The summed E-state index contributed by atoms with van der Waals surface area (Å²) in [5.74, 6) is 3.37. The summed E-state index contributed by atoms with van der Waals surface area (Å²) in [7, 11) is 0. The molecule has 11 heavy (non-hydrogen) atoms. The maximum atomic E-state index is 9.83. The molecule has 0 saturated heterocycles. The van der Waals surface area contributed by atoms with Crippen molar-refractivity contribution in [2.75, 3.05) is 0 Å². The lowest BCUT2D eigenvalue weighted by atomic mass is 9.70. The van der Waals surface area contributed by atoms with E-state index < -0.39 is 0 Å². The molecule has 1 N–H and O–H groups in total. The number of hydrogen-bond donors (Lipinski definition) is 1. The SMILES string of the molecule is OC1C2CC3CCCC1C3C2. The van der Waals surface area contributed by atoms with E-state index in [1.54, 1.807) is 0 Å². The van der Waals surface area contributed by atoms with E-state index in [9.17, 15) is 5.11 Å². The largest absolute Gasteiger partial charge is 0.393 e. The van der Waals surface area contributed by atoms with Crippen molar-refractivity contribution in [2.24, 2.45) is 23.7 Å². The van der Waals surface area contributed by atoms with Gasteiger partial charge in [-0.15, -0.1) is 0 Å². The molecule has 62 valence electrons. The minimum atomic E-state index is 0.0940. The van der Waals surface area contributed by atoms with Crippen LogP contribution in [-0.4, -0.2) is 11.2 Å². The van der Waals surface area contributed by atoms with Crippen molar-refractivity contribution in [3.05, 3.63) is 0 Å². The topological polar surface area (TPSA) is 20.2 Å². The van der Waals surface area contributed by atoms with Gasteiger partial charge in [0.25, 0.3) is 0 Å². The van der Waals surface area contributed by atoms with Gasteiger partial charge in [0.1, 0.15) is 0 Å². The van der Waals surface area contributed by atoms with Crippen LogP contribution in [0.5, 0.6) is 0 Å². The summed E-state index contributed by atoms with van der Waals surface area (Å²) in [4.78, 5) is 0. The van der Waals surface area contributed by atoms with E-state index in [-0.39, 0.29) is 6.10 Å². The van der Waals surface area contributed by atoms with Crippen molar-refractivity contribution < 1.29 is 5.11 Å². The second-order valence-corrected chi connectivity index (χ2v) is 4.74. The summed E-state index contributed by atoms with van der Waals surface area (Å²) in [5, 5.41) is 9.83. The molecule has 3 rings (SSSR count). The van der Waals surface area contributed by atoms with Crippen LogP contribution in [0.1, 0.15) is 32.1 Å². The quantitative estimate of drug-likeness (QED) is 0.561. The van der Waals surface area contributed by atoms with E-state index in [0.717, 1.165) is 11.8 Å². The fraction of sp³-hybridized carbons (Fsp3) is 1.00. The van der Waals surface area contributed by atoms with Crippen molar-refractivity contribution in [1.82, 2.24) is 0 Å². The Morgan fingerprint density at radius 1 is 0.909 bits per heavy atom. The van der Waals surface area contributed by atoms with Crippen LogP contribution >= 0.6 is 0 Å². The molecule has 3 fully saturated rings. The standard InChI is InChI=1S/C10H16O/c11-10-7-4-6-2-1-3-8(10)9(6)5-7/h6-11H,1-5H2. The van der Waals surface area contributed by atoms with Crippen molar-refractivity contribution in [2.45, 2.75) is 38.2 Å². The van der Waals surface area contributed by atoms with Gasteiger partial charge in [-0.3, -0.25) is 0 Å². The molecule has 0 aromatic carbocycles. The zero-order chi connectivity index (χ0) is 7.42. The number of fused-ring (bicyclic) bond motifs is 1. The summed E-state index contributed by atoms with van der Waals surface area (Å²) < 4.78 is 0. The molecule has 5 unspecified atom stereocenters. The first-order valence-electron chi connectivity index (χ1n) is 5.04. The highest BCUT2D eigenvalue weighted by Crippen LogP contribution is 2.57. The highest BCUT2D eigenvalue weighted by atomic mass is 16.3. The van der Waals surface area contributed by atoms with Gasteiger partial charge < -0.3 is 5.11 Å². The fourth-order valence-corrected chi connectivity index (χ4v) is 3.94. The molecular formula is C10H16O. The molecule has 3 aliphatic carbocycles. The summed E-state index contributed by atoms with van der Waals surface area (Å²) in [6.07, 6.45) is 6.97. The molecule has 0 spiro atoms. The third-order valence-corrected chi connectivity index (χ3v) is 4.37. The van der Waals surface area contributed by atoms with E-state index in [2.05, 4.69) is 0 Å². The number of aliphatic hydroxyl groups excluding tert-OH is 1. The van der Waals surface area contributed by atoms with Crippen LogP contribution in [0.25, 0.3) is 0 Å². The molecule has 1 nitrogen and oxygen atoms in total. The Kier molecular flexibility index (Phi) is 1.18. The molecule has 0 aromatic rings. The first-order valence-corrected chi connectivity index (χ1v) is 5.04. The van der Waals surface area contributed by atoms with Crippen molar-refractivity contribution in [1.29, 1.82) is 0 Å². The lowest BCUT2D eigenvalue weighted by Gasteiger charge is -2.37. The first kappa shape index (κ1) is 6.47. The molecule has 1 heteroatoms. The predicted molar refractivity (Wildman–Crippen MR) is 43.1 cm³/mol. The van der Waals surface area contributed by atoms with Gasteiger partial charge in [-0.2, -0.15) is 0 Å². The van der Waals surface area contributed by atoms with Gasteiger partial charge in [-0.1, -0.05) is 12.8 Å². The molecule has 5 atom stereocenters. The van der Waals surface area contributed by atoms with Crippen molar-refractivity contribution in [3.63, 3.8) is 0 Å². The first-order chi connectivity index (χ1) is 5.36. The predicted octanol–water partition coefficient (Wildman–Crippen LogP) is 1.80. The van der Waals surface area contributed by atoms with Crippen molar-refractivity contribution in [3.8, 4) is 0 Å². The average Bonchev–Trinajstić information content (AvgIpc) is 2.53. The van der Waals surface area contributed by atoms with Gasteiger partial charge in [0.05, 0.1) is 6.10 Å². The average molecular weight is 152 g/mol. The normalized spacial score (nSPS) is 60.3. The zero-order valence-corrected chi connectivity index (χ0v) is 6.87. The van der Waals surface area contributed by atoms with Crippen LogP contribution in [0.4, 0.5) is 0 Å². The Morgan fingerprint density at radius 2 is 1.82 bits per heavy atom. The monoisotopic (exact) mass is 152 g/mol. The summed E-state index contributed by atoms with van der Waals surface area (Å²) >= 11 is 0. The summed E-state index contributed by atoms with van der Waals surface area (Å²) in [5.41, 5.74) is 0. The van der Waals surface area contributed by atoms with E-state index >= 15 is 0 Å². The highest BCUT2D eigenvalue weighted by Gasteiger charge is 2.52. The van der Waals surface area contributed by atoms with E-state index in [1.165, 1.54) is 32.1 Å². The lowest BCUT2D eigenvalue weighted by Crippen LogP contribution is -2.35. The van der Waals surface area contributed by atoms with Crippen LogP contribution in [0.3, 0.4) is 0 Å². The summed E-state index contributed by atoms with van der Waals surface area (Å²) in [6, 6.07) is 0. The fourth-order valence-electron chi connectivity index (χ4n) is 3.94. The van der Waals surface area contributed by atoms with Crippen molar-refractivity contribution >= 4 is 0 Å². The molecule has 2 bridgehead atoms. The highest BCUT2D eigenvalue weighted by molar-refractivity contribution is 5.02. The van der Waals surface area contributed by atoms with Gasteiger partial charge in [0.2, 0.25) is 0 Å². The number of hydrogen-bond acceptors (Lipinski definition) is 1. The van der Waals surface area contributed by atoms with E-state index in [0.29, 0.717) is 11.8 Å². The molecule has 0 aromatic heterocycles. The number of aliphatic hydroxyl groups is 1. The molecular weight excluding hydrogens is 136 g/mol. The molecule has 0 radical (unpaired) electrons. The Morgan fingerprint density at radius 3 is 2.55 bits per heavy atom. The van der Waals surface area contributed by atoms with Crippen LogP contribution in [0, 0.1) is 23.7 Å². The van der Waals surface area contributed by atoms with Gasteiger partial charge >= 0.3 is 0 Å². The van der Waals surface area contributed by atoms with Crippen LogP contribution in [0.2, 0.25) is 0 Å². The lowest BCUT2D eigenvalue weighted by molar-refractivity contribution is 0.0124. The Hall–Kier alpha value is -0.0400. The van der Waals surface area contributed by atoms with Gasteiger partial charge in [0.15, 0.2) is 0 Å². The molecule has 0 aliphatic heterocycles. The molecule has 0 heterocycles. The number of rotatable bonds is 0. The molecule has 0 amide bonds. The van der Waals surface area contributed by atoms with Gasteiger partial charge in [-0.25, -0.2) is 0 Å². The van der Waals surface area contributed by atoms with Gasteiger partial charge in [-0.05, 0) is 42.9 Å². The minimum Gasteiger partial charge on any atom is -0.393 e. The Balaban J connectivity index is 1.92. The van der Waals surface area contributed by atoms with Crippen LogP contribution in [0.15, 0.2) is 0 Å². The molecule has 3 aliphatic rings. The second-order valence-electron chi connectivity index (χ2n) is 4.74. The smallest absolute Gasteiger partial charge is 0.0599 e. The van der Waals surface area contributed by atoms with E-state index in [4.69, 9.17) is 0 Å². The third-order valence-electron chi connectivity index (χ3n) is 4.37. The summed E-state index contributed by atoms with van der Waals surface area (Å²) in [6.45, 7) is 0. The van der Waals surface area contributed by atoms with E-state index in [1.807, 2.05) is 0 Å². The second kappa shape index (κ2) is 2.01. The van der Waals surface area contributed by atoms with Gasteiger partial charge in [0, 0.05) is 0 Å². The molecule has 3 saturated carbocycles. The van der Waals surface area contributed by atoms with Crippen LogP contribution < -0.4 is 0 Å². The zero-order valence-electron chi connectivity index (χ0n) is 6.87. The minimum absolute atomic E-state index is 0.0940. The maximum absolute atomic E-state index is 9.83. The third kappa shape index (κ3) is 0.703. The van der Waals surface area contributed by atoms with Crippen LogP contribution in [-0.2, 0) is 0 Å². The Labute approximate surface area is 67.8 Å². The maximum Gasteiger partial charge on any atom is 0.0599 e.